The van der Waals surface area contributed by atoms with Crippen molar-refractivity contribution < 1.29 is 18.0 Å². The maximum absolute atomic E-state index is 12.9. The molecule has 0 spiro atoms. The monoisotopic (exact) mass is 467 g/mol. The summed E-state index contributed by atoms with van der Waals surface area (Å²) in [6.45, 7) is 2.43. The van der Waals surface area contributed by atoms with Gasteiger partial charge in [0.1, 0.15) is 4.21 Å². The Labute approximate surface area is 185 Å². The Balaban J connectivity index is 1.71. The van der Waals surface area contributed by atoms with Gasteiger partial charge >= 0.3 is 0 Å². The molecular formula is C20H25N3O4S3. The van der Waals surface area contributed by atoms with Crippen molar-refractivity contribution in [3.8, 4) is 0 Å². The second kappa shape index (κ2) is 9.51. The number of rotatable bonds is 5. The van der Waals surface area contributed by atoms with Crippen LogP contribution in [0.15, 0.2) is 45.5 Å². The molecule has 3 rings (SSSR count). The summed E-state index contributed by atoms with van der Waals surface area (Å²) in [4.78, 5) is 28.0. The van der Waals surface area contributed by atoms with Crippen molar-refractivity contribution in [1.82, 2.24) is 9.21 Å². The summed E-state index contributed by atoms with van der Waals surface area (Å²) in [7, 11) is -0.258. The van der Waals surface area contributed by atoms with E-state index >= 15 is 0 Å². The van der Waals surface area contributed by atoms with Gasteiger partial charge in [-0.2, -0.15) is 4.31 Å². The molecule has 1 atom stereocenters. The van der Waals surface area contributed by atoms with Crippen LogP contribution in [0.3, 0.4) is 0 Å². The SMILES string of the molecule is Cc1ccc(S(=O)(=O)N2CCCC(C(=O)Nc3ccccc3SC(=O)N(C)C)C2)s1. The Morgan fingerprint density at radius 3 is 2.60 bits per heavy atom. The third-order valence-electron chi connectivity index (χ3n) is 4.77. The summed E-state index contributed by atoms with van der Waals surface area (Å²) in [5.74, 6) is -0.681. The van der Waals surface area contributed by atoms with Crippen molar-refractivity contribution in [1.29, 1.82) is 0 Å². The zero-order chi connectivity index (χ0) is 21.9. The summed E-state index contributed by atoms with van der Waals surface area (Å²) < 4.78 is 27.6. The fourth-order valence-corrected chi connectivity index (χ4v) is 6.84. The van der Waals surface area contributed by atoms with Gasteiger partial charge in [0.2, 0.25) is 5.91 Å². The second-order valence-electron chi connectivity index (χ2n) is 7.32. The number of hydrogen-bond acceptors (Lipinski definition) is 6. The highest BCUT2D eigenvalue weighted by Gasteiger charge is 2.34. The number of piperidine rings is 1. The van der Waals surface area contributed by atoms with Crippen molar-refractivity contribution in [2.45, 2.75) is 28.9 Å². The van der Waals surface area contributed by atoms with E-state index < -0.39 is 15.9 Å². The molecule has 1 fully saturated rings. The van der Waals surface area contributed by atoms with Gasteiger partial charge in [-0.25, -0.2) is 8.42 Å². The Bertz CT molecular complexity index is 1030. The Morgan fingerprint density at radius 2 is 1.93 bits per heavy atom. The molecule has 7 nitrogen and oxygen atoms in total. The average molecular weight is 468 g/mol. The molecule has 2 aromatic rings. The van der Waals surface area contributed by atoms with E-state index in [0.717, 1.165) is 16.6 Å². The number of carbonyl (C=O) groups excluding carboxylic acids is 2. The first-order valence-electron chi connectivity index (χ1n) is 9.54. The third-order valence-corrected chi connectivity index (χ3v) is 9.22. The molecule has 1 aromatic carbocycles. The zero-order valence-corrected chi connectivity index (χ0v) is 19.6. The Kier molecular flexibility index (Phi) is 7.22. The number of nitrogens with one attached hydrogen (secondary N) is 1. The maximum Gasteiger partial charge on any atom is 0.286 e. The van der Waals surface area contributed by atoms with E-state index in [0.29, 0.717) is 34.2 Å². The normalized spacial score (nSPS) is 17.5. The van der Waals surface area contributed by atoms with Gasteiger partial charge in [-0.3, -0.25) is 9.59 Å². The molecule has 0 radical (unpaired) electrons. The lowest BCUT2D eigenvalue weighted by Crippen LogP contribution is -2.43. The van der Waals surface area contributed by atoms with Gasteiger partial charge in [-0.05, 0) is 55.8 Å². The Hall–Kier alpha value is -1.88. The lowest BCUT2D eigenvalue weighted by molar-refractivity contribution is -0.120. The zero-order valence-electron chi connectivity index (χ0n) is 17.1. The standard InChI is InChI=1S/C20H25N3O4S3/c1-14-10-11-18(28-14)30(26,27)23-12-6-7-15(13-23)19(24)21-16-8-4-5-9-17(16)29-20(25)22(2)3/h4-5,8-11,15H,6-7,12-13H2,1-3H3,(H,21,24). The van der Waals surface area contributed by atoms with Crippen molar-refractivity contribution >= 4 is 50.0 Å². The van der Waals surface area contributed by atoms with Gasteiger partial charge in [-0.15, -0.1) is 11.3 Å². The van der Waals surface area contributed by atoms with Crippen LogP contribution in [0.4, 0.5) is 10.5 Å². The van der Waals surface area contributed by atoms with Gasteiger partial charge in [0.05, 0.1) is 11.6 Å². The first-order chi connectivity index (χ1) is 14.2. The topological polar surface area (TPSA) is 86.8 Å². The van der Waals surface area contributed by atoms with Gasteiger partial charge in [0.15, 0.2) is 0 Å². The van der Waals surface area contributed by atoms with Crippen molar-refractivity contribution in [3.05, 3.63) is 41.3 Å². The fraction of sp³-hybridized carbons (Fsp3) is 0.400. The van der Waals surface area contributed by atoms with E-state index in [1.165, 1.54) is 20.5 Å². The van der Waals surface area contributed by atoms with Crippen LogP contribution in [-0.2, 0) is 14.8 Å². The molecule has 1 saturated heterocycles. The van der Waals surface area contributed by atoms with Crippen LogP contribution in [0.25, 0.3) is 0 Å². The van der Waals surface area contributed by atoms with Gasteiger partial charge < -0.3 is 10.2 Å². The molecule has 0 saturated carbocycles. The lowest BCUT2D eigenvalue weighted by atomic mass is 9.99. The third kappa shape index (κ3) is 5.23. The largest absolute Gasteiger partial charge is 0.339 e. The highest BCUT2D eigenvalue weighted by atomic mass is 32.2. The minimum absolute atomic E-state index is 0.141. The number of thiophene rings is 1. The number of carbonyl (C=O) groups is 2. The van der Waals surface area contributed by atoms with E-state index in [-0.39, 0.29) is 17.7 Å². The van der Waals surface area contributed by atoms with Crippen molar-refractivity contribution in [2.24, 2.45) is 5.92 Å². The van der Waals surface area contributed by atoms with Crippen LogP contribution in [0.2, 0.25) is 0 Å². The minimum atomic E-state index is -3.60. The minimum Gasteiger partial charge on any atom is -0.339 e. The van der Waals surface area contributed by atoms with Crippen molar-refractivity contribution in [2.75, 3.05) is 32.5 Å². The van der Waals surface area contributed by atoms with E-state index in [9.17, 15) is 18.0 Å². The number of hydrogen-bond donors (Lipinski definition) is 1. The van der Waals surface area contributed by atoms with E-state index in [1.54, 1.807) is 50.5 Å². The molecule has 10 heteroatoms. The first kappa shape index (κ1) is 22.8. The number of nitrogens with zero attached hydrogens (tertiary/aromatic N) is 2. The number of thioether (sulfide) groups is 1. The van der Waals surface area contributed by atoms with Crippen molar-refractivity contribution in [3.63, 3.8) is 0 Å². The number of sulfonamides is 1. The summed E-state index contributed by atoms with van der Waals surface area (Å²) in [6, 6.07) is 10.5. The molecule has 30 heavy (non-hydrogen) atoms. The van der Waals surface area contributed by atoms with Crippen LogP contribution >= 0.6 is 23.1 Å². The molecule has 1 N–H and O–H groups in total. The smallest absolute Gasteiger partial charge is 0.286 e. The number of amides is 2. The summed E-state index contributed by atoms with van der Waals surface area (Å²) in [5, 5.41) is 2.75. The highest BCUT2D eigenvalue weighted by molar-refractivity contribution is 8.13. The molecule has 1 aliphatic rings. The lowest BCUT2D eigenvalue weighted by Gasteiger charge is -2.31. The number of aryl methyl sites for hydroxylation is 1. The quantitative estimate of drug-likeness (QED) is 0.675. The van der Waals surface area contributed by atoms with Gasteiger partial charge in [0, 0.05) is 37.0 Å². The van der Waals surface area contributed by atoms with Crippen LogP contribution in [-0.4, -0.2) is 56.0 Å². The fourth-order valence-electron chi connectivity index (χ4n) is 3.13. The summed E-state index contributed by atoms with van der Waals surface area (Å²) >= 11 is 2.28. The number of para-hydroxylation sites is 1. The molecule has 1 aliphatic heterocycles. The predicted molar refractivity (Wildman–Crippen MR) is 121 cm³/mol. The predicted octanol–water partition coefficient (Wildman–Crippen LogP) is 3.87. The van der Waals surface area contributed by atoms with Gasteiger partial charge in [0.25, 0.3) is 15.3 Å². The van der Waals surface area contributed by atoms with Crippen LogP contribution in [0, 0.1) is 12.8 Å². The first-order valence-corrected chi connectivity index (χ1v) is 12.6. The van der Waals surface area contributed by atoms with Crippen LogP contribution in [0.1, 0.15) is 17.7 Å². The second-order valence-corrected chi connectivity index (χ2v) is 11.8. The molecule has 2 heterocycles. The van der Waals surface area contributed by atoms with E-state index in [1.807, 2.05) is 6.92 Å². The van der Waals surface area contributed by atoms with Gasteiger partial charge in [-0.1, -0.05) is 12.1 Å². The molecule has 0 aliphatic carbocycles. The Morgan fingerprint density at radius 1 is 1.20 bits per heavy atom. The molecule has 1 aromatic heterocycles. The maximum atomic E-state index is 12.9. The van der Waals surface area contributed by atoms with E-state index in [4.69, 9.17) is 0 Å². The molecule has 1 unspecified atom stereocenters. The molecule has 2 amide bonds. The number of benzene rings is 1. The summed E-state index contributed by atoms with van der Waals surface area (Å²) in [5.41, 5.74) is 0.552. The van der Waals surface area contributed by atoms with Crippen LogP contribution in [0.5, 0.6) is 0 Å². The number of anilines is 1. The van der Waals surface area contributed by atoms with Crippen LogP contribution < -0.4 is 5.32 Å². The molecule has 162 valence electrons. The summed E-state index contributed by atoms with van der Waals surface area (Å²) in [6.07, 6.45) is 1.24. The highest BCUT2D eigenvalue weighted by Crippen LogP contribution is 2.31. The molecular weight excluding hydrogens is 442 g/mol. The average Bonchev–Trinajstić information content (AvgIpc) is 3.16. The van der Waals surface area contributed by atoms with E-state index in [2.05, 4.69) is 5.32 Å². The molecule has 0 bridgehead atoms.